The summed E-state index contributed by atoms with van der Waals surface area (Å²) in [5.74, 6) is -1.26. The molecule has 0 bridgehead atoms. The van der Waals surface area contributed by atoms with Gasteiger partial charge in [-0.1, -0.05) is 11.6 Å². The first-order chi connectivity index (χ1) is 14.5. The van der Waals surface area contributed by atoms with E-state index in [9.17, 15) is 22.3 Å². The van der Waals surface area contributed by atoms with Gasteiger partial charge in [0.05, 0.1) is 24.1 Å². The van der Waals surface area contributed by atoms with Crippen molar-refractivity contribution in [3.05, 3.63) is 58.1 Å². The van der Waals surface area contributed by atoms with Crippen LogP contribution in [-0.2, 0) is 16.4 Å². The molecular formula is C21H23ClF2N2O4S. The average Bonchev–Trinajstić information content (AvgIpc) is 3.26. The number of aliphatic hydroxyl groups excluding tert-OH is 1. The molecule has 0 saturated carbocycles. The van der Waals surface area contributed by atoms with E-state index in [2.05, 4.69) is 0 Å². The predicted octanol–water partition coefficient (Wildman–Crippen LogP) is 3.13. The van der Waals surface area contributed by atoms with E-state index in [0.717, 1.165) is 16.6 Å². The van der Waals surface area contributed by atoms with Crippen molar-refractivity contribution in [2.75, 3.05) is 30.7 Å². The zero-order chi connectivity index (χ0) is 22.5. The Bertz CT molecular complexity index is 1110. The number of likely N-dealkylation sites (tertiary alicyclic amines) is 1. The molecule has 3 atom stereocenters. The van der Waals surface area contributed by atoms with Crippen molar-refractivity contribution in [1.82, 2.24) is 4.90 Å². The van der Waals surface area contributed by atoms with Gasteiger partial charge in [0.25, 0.3) is 0 Å². The van der Waals surface area contributed by atoms with Gasteiger partial charge >= 0.3 is 0 Å². The lowest BCUT2D eigenvalue weighted by Crippen LogP contribution is -2.39. The number of rotatable bonds is 5. The molecule has 2 aliphatic rings. The number of nitrogens with zero attached hydrogens (tertiary/aromatic N) is 2. The van der Waals surface area contributed by atoms with Crippen molar-refractivity contribution in [2.45, 2.75) is 31.1 Å². The number of sulfonamides is 1. The van der Waals surface area contributed by atoms with Crippen LogP contribution in [0.15, 0.2) is 30.3 Å². The first kappa shape index (κ1) is 22.3. The first-order valence-electron chi connectivity index (χ1n) is 9.84. The lowest BCUT2D eigenvalue weighted by Gasteiger charge is -2.30. The van der Waals surface area contributed by atoms with Crippen LogP contribution >= 0.6 is 11.6 Å². The molecule has 2 aromatic carbocycles. The van der Waals surface area contributed by atoms with Gasteiger partial charge in [-0.3, -0.25) is 9.21 Å². The maximum Gasteiger partial charge on any atom is 0.231 e. The Hall–Kier alpha value is -1.94. The van der Waals surface area contributed by atoms with Crippen molar-refractivity contribution in [3.8, 4) is 5.75 Å². The quantitative estimate of drug-likeness (QED) is 0.724. The van der Waals surface area contributed by atoms with Crippen molar-refractivity contribution in [1.29, 1.82) is 0 Å². The molecule has 1 saturated heterocycles. The van der Waals surface area contributed by atoms with Crippen LogP contribution in [0.4, 0.5) is 14.5 Å². The minimum Gasteiger partial charge on any atom is -0.481 e. The molecule has 1 aliphatic carbocycles. The second kappa shape index (κ2) is 8.20. The van der Waals surface area contributed by atoms with Crippen LogP contribution in [-0.4, -0.2) is 57.0 Å². The van der Waals surface area contributed by atoms with Gasteiger partial charge < -0.3 is 9.84 Å². The fourth-order valence-corrected chi connectivity index (χ4v) is 4.96. The number of hydrogen-bond acceptors (Lipinski definition) is 5. The summed E-state index contributed by atoms with van der Waals surface area (Å²) >= 11 is 6.08. The van der Waals surface area contributed by atoms with Crippen molar-refractivity contribution in [2.24, 2.45) is 0 Å². The molecular weight excluding hydrogens is 450 g/mol. The second-order valence-corrected chi connectivity index (χ2v) is 10.5. The summed E-state index contributed by atoms with van der Waals surface area (Å²) in [7, 11) is -2.19. The maximum atomic E-state index is 14.6. The molecule has 0 unspecified atom stereocenters. The van der Waals surface area contributed by atoms with Gasteiger partial charge in [0.15, 0.2) is 11.6 Å². The van der Waals surface area contributed by atoms with E-state index in [1.807, 2.05) is 4.90 Å². The van der Waals surface area contributed by atoms with Crippen LogP contribution < -0.4 is 9.04 Å². The Morgan fingerprint density at radius 1 is 1.23 bits per heavy atom. The molecule has 0 amide bonds. The van der Waals surface area contributed by atoms with Gasteiger partial charge in [0.1, 0.15) is 11.9 Å². The van der Waals surface area contributed by atoms with E-state index in [4.69, 9.17) is 16.3 Å². The first-order valence-corrected chi connectivity index (χ1v) is 12.1. The molecule has 1 heterocycles. The van der Waals surface area contributed by atoms with E-state index in [-0.39, 0.29) is 22.5 Å². The largest absolute Gasteiger partial charge is 0.481 e. The standard InChI is InChI=1S/C21H23ClF2N2O4S/c1-25(31(2,28)29)13-3-4-17(23)20(9-13)30-21-16-7-12(22)8-18(24)15(16)10-19(21)26-6-5-14(27)11-26/h3-4,7-9,14,19,21,27H,5-6,10-11H2,1-2H3/t14-,19-,21+/m1/s1. The third-order valence-corrected chi connectivity index (χ3v) is 7.38. The zero-order valence-electron chi connectivity index (χ0n) is 17.1. The molecule has 31 heavy (non-hydrogen) atoms. The lowest BCUT2D eigenvalue weighted by molar-refractivity contribution is 0.0790. The van der Waals surface area contributed by atoms with Crippen molar-refractivity contribution >= 4 is 27.3 Å². The van der Waals surface area contributed by atoms with Gasteiger partial charge in [-0.25, -0.2) is 17.2 Å². The van der Waals surface area contributed by atoms with Gasteiger partial charge in [-0.05, 0) is 42.7 Å². The number of halogens is 3. The SMILES string of the molecule is CN(c1ccc(F)c(O[C@H]2c3cc(Cl)cc(F)c3C[C@H]2N2CC[C@@H](O)C2)c1)S(C)(=O)=O. The third kappa shape index (κ3) is 4.37. The number of benzene rings is 2. The van der Waals surface area contributed by atoms with Crippen molar-refractivity contribution in [3.63, 3.8) is 0 Å². The van der Waals surface area contributed by atoms with Gasteiger partial charge in [0.2, 0.25) is 10.0 Å². The van der Waals surface area contributed by atoms with Crippen LogP contribution in [0, 0.1) is 11.6 Å². The van der Waals surface area contributed by atoms with Gasteiger partial charge in [0, 0.05) is 36.8 Å². The number of aliphatic hydroxyl groups is 1. The summed E-state index contributed by atoms with van der Waals surface area (Å²) in [5.41, 5.74) is 1.21. The molecule has 6 nitrogen and oxygen atoms in total. The summed E-state index contributed by atoms with van der Waals surface area (Å²) in [6, 6.07) is 6.32. The Kier molecular flexibility index (Phi) is 5.89. The highest BCUT2D eigenvalue weighted by Gasteiger charge is 2.42. The van der Waals surface area contributed by atoms with Crippen LogP contribution in [0.3, 0.4) is 0 Å². The molecule has 1 fully saturated rings. The summed E-state index contributed by atoms with van der Waals surface area (Å²) in [6.45, 7) is 1.02. The Morgan fingerprint density at radius 3 is 2.61 bits per heavy atom. The van der Waals surface area contributed by atoms with Crippen molar-refractivity contribution < 1.29 is 27.0 Å². The minimum absolute atomic E-state index is 0.143. The lowest BCUT2D eigenvalue weighted by atomic mass is 10.1. The highest BCUT2D eigenvalue weighted by Crippen LogP contribution is 2.42. The van der Waals surface area contributed by atoms with Gasteiger partial charge in [-0.2, -0.15) is 0 Å². The van der Waals surface area contributed by atoms with E-state index in [0.29, 0.717) is 37.1 Å². The normalized spacial score (nSPS) is 23.7. The molecule has 1 N–H and O–H groups in total. The Morgan fingerprint density at radius 2 is 1.97 bits per heavy atom. The summed E-state index contributed by atoms with van der Waals surface area (Å²) in [5, 5.41) is 10.2. The van der Waals surface area contributed by atoms with Crippen LogP contribution in [0.25, 0.3) is 0 Å². The summed E-state index contributed by atoms with van der Waals surface area (Å²) < 4.78 is 60.1. The molecule has 0 spiro atoms. The number of fused-ring (bicyclic) bond motifs is 1. The highest BCUT2D eigenvalue weighted by molar-refractivity contribution is 7.92. The fraction of sp³-hybridized carbons (Fsp3) is 0.429. The van der Waals surface area contributed by atoms with E-state index < -0.39 is 33.9 Å². The van der Waals surface area contributed by atoms with E-state index in [1.165, 1.54) is 25.2 Å². The predicted molar refractivity (Wildman–Crippen MR) is 114 cm³/mol. The number of anilines is 1. The van der Waals surface area contributed by atoms with E-state index >= 15 is 0 Å². The molecule has 2 aromatic rings. The van der Waals surface area contributed by atoms with Crippen LogP contribution in [0.2, 0.25) is 5.02 Å². The monoisotopic (exact) mass is 472 g/mol. The smallest absolute Gasteiger partial charge is 0.231 e. The number of hydrogen-bond donors (Lipinski definition) is 1. The molecule has 168 valence electrons. The zero-order valence-corrected chi connectivity index (χ0v) is 18.6. The molecule has 0 aromatic heterocycles. The third-order valence-electron chi connectivity index (χ3n) is 5.96. The number of ether oxygens (including phenoxy) is 1. The fourth-order valence-electron chi connectivity index (χ4n) is 4.25. The number of β-amino-alcohol motifs (C(OH)–C–C–N with tert-alkyl or cyclic N) is 1. The van der Waals surface area contributed by atoms with E-state index in [1.54, 1.807) is 6.07 Å². The highest BCUT2D eigenvalue weighted by atomic mass is 35.5. The summed E-state index contributed by atoms with van der Waals surface area (Å²) in [6.07, 6.45) is 0.749. The molecule has 1 aliphatic heterocycles. The second-order valence-electron chi connectivity index (χ2n) is 8.05. The summed E-state index contributed by atoms with van der Waals surface area (Å²) in [4.78, 5) is 2.01. The van der Waals surface area contributed by atoms with Crippen LogP contribution in [0.1, 0.15) is 23.7 Å². The van der Waals surface area contributed by atoms with Gasteiger partial charge in [-0.15, -0.1) is 0 Å². The topological polar surface area (TPSA) is 70.1 Å². The Labute approximate surface area is 185 Å². The maximum absolute atomic E-state index is 14.6. The molecule has 0 radical (unpaired) electrons. The minimum atomic E-state index is -3.55. The average molecular weight is 473 g/mol. The molecule has 4 rings (SSSR count). The molecule has 10 heteroatoms. The van der Waals surface area contributed by atoms with Crippen LogP contribution in [0.5, 0.6) is 5.75 Å². The Balaban J connectivity index is 1.73.